The highest BCUT2D eigenvalue weighted by Crippen LogP contribution is 2.27. The normalized spacial score (nSPS) is 10.4. The lowest BCUT2D eigenvalue weighted by molar-refractivity contribution is 1.20. The van der Waals surface area contributed by atoms with Crippen molar-refractivity contribution >= 4 is 0 Å². The van der Waals surface area contributed by atoms with Crippen LogP contribution in [0.3, 0.4) is 0 Å². The lowest BCUT2D eigenvalue weighted by Crippen LogP contribution is -1.94. The molecule has 0 saturated heterocycles. The second-order valence-electron chi connectivity index (χ2n) is 4.26. The molecule has 0 bridgehead atoms. The van der Waals surface area contributed by atoms with E-state index in [-0.39, 0.29) is 0 Å². The van der Waals surface area contributed by atoms with Crippen molar-refractivity contribution in [1.29, 1.82) is 0 Å². The molecule has 3 aromatic heterocycles. The molecule has 0 spiro atoms. The van der Waals surface area contributed by atoms with Gasteiger partial charge in [0.25, 0.3) is 0 Å². The summed E-state index contributed by atoms with van der Waals surface area (Å²) >= 11 is 0. The number of hydrogen-bond donors (Lipinski definition) is 0. The molecule has 92 valence electrons. The molecule has 0 amide bonds. The Morgan fingerprint density at radius 2 is 1.37 bits per heavy atom. The minimum Gasteiger partial charge on any atom is -0.256 e. The van der Waals surface area contributed by atoms with Crippen LogP contribution in [0.25, 0.3) is 22.6 Å². The average Bonchev–Trinajstić information content (AvgIpc) is 2.49. The van der Waals surface area contributed by atoms with E-state index in [1.807, 2.05) is 42.5 Å². The molecule has 19 heavy (non-hydrogen) atoms. The average molecular weight is 247 g/mol. The maximum Gasteiger partial charge on any atom is 0.0921 e. The lowest BCUT2D eigenvalue weighted by atomic mass is 10.0. The molecule has 3 heteroatoms. The fourth-order valence-corrected chi connectivity index (χ4v) is 2.10. The number of aromatic nitrogens is 3. The summed E-state index contributed by atoms with van der Waals surface area (Å²) in [5.41, 5.74) is 4.94. The van der Waals surface area contributed by atoms with Gasteiger partial charge in [-0.3, -0.25) is 15.0 Å². The van der Waals surface area contributed by atoms with E-state index in [1.165, 1.54) is 0 Å². The highest BCUT2D eigenvalue weighted by Gasteiger charge is 2.10. The standard InChI is InChI=1S/C16H13N3/c1-12-13(14-6-2-4-9-17-14)8-11-19-16(12)15-7-3-5-10-18-15/h2-11H,1H3. The predicted molar refractivity (Wildman–Crippen MR) is 75.4 cm³/mol. The summed E-state index contributed by atoms with van der Waals surface area (Å²) in [6.45, 7) is 2.06. The first-order valence-electron chi connectivity index (χ1n) is 6.14. The van der Waals surface area contributed by atoms with Gasteiger partial charge in [-0.15, -0.1) is 0 Å². The van der Waals surface area contributed by atoms with Crippen LogP contribution in [0.1, 0.15) is 5.56 Å². The Morgan fingerprint density at radius 3 is 2.00 bits per heavy atom. The van der Waals surface area contributed by atoms with E-state index in [0.29, 0.717) is 0 Å². The van der Waals surface area contributed by atoms with Crippen molar-refractivity contribution in [1.82, 2.24) is 15.0 Å². The lowest BCUT2D eigenvalue weighted by Gasteiger charge is -2.09. The van der Waals surface area contributed by atoms with Crippen molar-refractivity contribution < 1.29 is 0 Å². The van der Waals surface area contributed by atoms with Gasteiger partial charge in [-0.05, 0) is 42.8 Å². The zero-order chi connectivity index (χ0) is 13.1. The monoisotopic (exact) mass is 247 g/mol. The van der Waals surface area contributed by atoms with Crippen molar-refractivity contribution in [2.24, 2.45) is 0 Å². The summed E-state index contributed by atoms with van der Waals surface area (Å²) in [5.74, 6) is 0. The number of pyridine rings is 3. The van der Waals surface area contributed by atoms with E-state index < -0.39 is 0 Å². The van der Waals surface area contributed by atoms with Gasteiger partial charge >= 0.3 is 0 Å². The Labute approximate surface area is 112 Å². The first-order valence-corrected chi connectivity index (χ1v) is 6.14. The molecule has 0 atom stereocenters. The number of rotatable bonds is 2. The summed E-state index contributed by atoms with van der Waals surface area (Å²) in [7, 11) is 0. The zero-order valence-electron chi connectivity index (χ0n) is 10.6. The van der Waals surface area contributed by atoms with Crippen molar-refractivity contribution in [3.05, 3.63) is 66.6 Å². The van der Waals surface area contributed by atoms with Crippen LogP contribution in [0.4, 0.5) is 0 Å². The van der Waals surface area contributed by atoms with Crippen LogP contribution in [0.2, 0.25) is 0 Å². The molecule has 3 rings (SSSR count). The summed E-state index contributed by atoms with van der Waals surface area (Å²) in [5, 5.41) is 0. The van der Waals surface area contributed by atoms with Crippen molar-refractivity contribution in [2.45, 2.75) is 6.92 Å². The van der Waals surface area contributed by atoms with Gasteiger partial charge in [0.15, 0.2) is 0 Å². The fourth-order valence-electron chi connectivity index (χ4n) is 2.10. The molecule has 3 heterocycles. The SMILES string of the molecule is Cc1c(-c2ccccn2)ccnc1-c1ccccn1. The summed E-state index contributed by atoms with van der Waals surface area (Å²) in [6, 6.07) is 13.7. The Balaban J connectivity index is 2.15. The molecule has 0 saturated carbocycles. The molecule has 0 fully saturated rings. The summed E-state index contributed by atoms with van der Waals surface area (Å²) in [4.78, 5) is 13.2. The molecular formula is C16H13N3. The van der Waals surface area contributed by atoms with Crippen LogP contribution in [-0.4, -0.2) is 15.0 Å². The second kappa shape index (κ2) is 4.98. The van der Waals surface area contributed by atoms with Gasteiger partial charge in [0.2, 0.25) is 0 Å². The third-order valence-corrected chi connectivity index (χ3v) is 3.05. The maximum absolute atomic E-state index is 4.44. The smallest absolute Gasteiger partial charge is 0.0921 e. The Bertz CT molecular complexity index is 621. The Hall–Kier alpha value is -2.55. The largest absolute Gasteiger partial charge is 0.256 e. The molecule has 3 aromatic rings. The van der Waals surface area contributed by atoms with E-state index in [4.69, 9.17) is 0 Å². The van der Waals surface area contributed by atoms with Crippen molar-refractivity contribution in [3.63, 3.8) is 0 Å². The van der Waals surface area contributed by atoms with Gasteiger partial charge in [0, 0.05) is 24.2 Å². The van der Waals surface area contributed by atoms with Crippen LogP contribution in [0.15, 0.2) is 61.1 Å². The van der Waals surface area contributed by atoms with Crippen molar-refractivity contribution in [3.8, 4) is 22.6 Å². The molecule has 3 nitrogen and oxygen atoms in total. The summed E-state index contributed by atoms with van der Waals surface area (Å²) < 4.78 is 0. The van der Waals surface area contributed by atoms with Crippen LogP contribution < -0.4 is 0 Å². The van der Waals surface area contributed by atoms with Crippen LogP contribution in [0, 0.1) is 6.92 Å². The zero-order valence-corrected chi connectivity index (χ0v) is 10.6. The number of nitrogens with zero attached hydrogens (tertiary/aromatic N) is 3. The fraction of sp³-hybridized carbons (Fsp3) is 0.0625. The molecule has 0 N–H and O–H groups in total. The Kier molecular flexibility index (Phi) is 3.02. The molecular weight excluding hydrogens is 234 g/mol. The molecule has 0 aromatic carbocycles. The van der Waals surface area contributed by atoms with E-state index in [1.54, 1.807) is 18.6 Å². The minimum atomic E-state index is 0.887. The van der Waals surface area contributed by atoms with Crippen LogP contribution in [0.5, 0.6) is 0 Å². The third-order valence-electron chi connectivity index (χ3n) is 3.05. The quantitative estimate of drug-likeness (QED) is 0.695. The second-order valence-corrected chi connectivity index (χ2v) is 4.26. The minimum absolute atomic E-state index is 0.887. The van der Waals surface area contributed by atoms with Gasteiger partial charge < -0.3 is 0 Å². The Morgan fingerprint density at radius 1 is 0.684 bits per heavy atom. The highest BCUT2D eigenvalue weighted by atomic mass is 14.8. The summed E-state index contributed by atoms with van der Waals surface area (Å²) in [6.07, 6.45) is 5.39. The molecule has 0 unspecified atom stereocenters. The van der Waals surface area contributed by atoms with Gasteiger partial charge in [-0.25, -0.2) is 0 Å². The molecule has 0 radical (unpaired) electrons. The first kappa shape index (κ1) is 11.5. The van der Waals surface area contributed by atoms with Gasteiger partial charge in [0.1, 0.15) is 0 Å². The highest BCUT2D eigenvalue weighted by molar-refractivity contribution is 5.72. The van der Waals surface area contributed by atoms with Crippen molar-refractivity contribution in [2.75, 3.05) is 0 Å². The number of hydrogen-bond acceptors (Lipinski definition) is 3. The first-order chi connectivity index (χ1) is 9.36. The van der Waals surface area contributed by atoms with Gasteiger partial charge in [-0.1, -0.05) is 12.1 Å². The van der Waals surface area contributed by atoms with E-state index >= 15 is 0 Å². The third kappa shape index (κ3) is 2.22. The molecule has 0 aliphatic carbocycles. The van der Waals surface area contributed by atoms with E-state index in [0.717, 1.165) is 28.2 Å². The molecule has 0 aliphatic rings. The predicted octanol–water partition coefficient (Wildman–Crippen LogP) is 3.51. The van der Waals surface area contributed by atoms with Gasteiger partial charge in [-0.2, -0.15) is 0 Å². The van der Waals surface area contributed by atoms with Gasteiger partial charge in [0.05, 0.1) is 17.1 Å². The van der Waals surface area contributed by atoms with Crippen LogP contribution in [-0.2, 0) is 0 Å². The van der Waals surface area contributed by atoms with Crippen LogP contribution >= 0.6 is 0 Å². The van der Waals surface area contributed by atoms with E-state index in [9.17, 15) is 0 Å². The topological polar surface area (TPSA) is 38.7 Å². The molecule has 0 aliphatic heterocycles. The maximum atomic E-state index is 4.44. The van der Waals surface area contributed by atoms with E-state index in [2.05, 4.69) is 21.9 Å².